The lowest BCUT2D eigenvalue weighted by Gasteiger charge is -2.25. The number of nitrogens with one attached hydrogen (secondary N) is 2. The molecule has 0 aromatic carbocycles. The van der Waals surface area contributed by atoms with E-state index in [0.717, 1.165) is 0 Å². The molecule has 4 nitrogen and oxygen atoms in total. The minimum Gasteiger partial charge on any atom is -0.290 e. The summed E-state index contributed by atoms with van der Waals surface area (Å²) >= 11 is 4.29. The Morgan fingerprint density at radius 1 is 1.15 bits per heavy atom. The smallest absolute Gasteiger partial charge is 0.111 e. The lowest BCUT2D eigenvalue weighted by atomic mass is 10.4. The highest BCUT2D eigenvalue weighted by Crippen LogP contribution is 2.03. The molecule has 0 amide bonds. The molecule has 13 heavy (non-hydrogen) atoms. The van der Waals surface area contributed by atoms with Crippen LogP contribution >= 0.6 is 12.6 Å². The molecule has 2 N–H and O–H groups in total. The van der Waals surface area contributed by atoms with Crippen LogP contribution in [0, 0.1) is 22.7 Å². The second-order valence-corrected chi connectivity index (χ2v) is 3.64. The summed E-state index contributed by atoms with van der Waals surface area (Å²) in [5, 5.41) is 22.7. The molecule has 0 heterocycles. The summed E-state index contributed by atoms with van der Waals surface area (Å²) < 4.78 is 0. The Balaban J connectivity index is 3.56. The number of rotatable bonds is 6. The molecule has 0 aliphatic rings. The molecule has 5 heteroatoms. The zero-order valence-corrected chi connectivity index (χ0v) is 8.56. The van der Waals surface area contributed by atoms with Gasteiger partial charge in [0.2, 0.25) is 0 Å². The fourth-order valence-corrected chi connectivity index (χ4v) is 1.01. The Hall–Kier alpha value is -0.750. The first kappa shape index (κ1) is 12.2. The van der Waals surface area contributed by atoms with E-state index in [0.29, 0.717) is 25.9 Å². The average molecular weight is 198 g/mol. The van der Waals surface area contributed by atoms with Crippen LogP contribution in [0.4, 0.5) is 0 Å². The van der Waals surface area contributed by atoms with Crippen molar-refractivity contribution < 1.29 is 0 Å². The van der Waals surface area contributed by atoms with E-state index in [9.17, 15) is 0 Å². The fourth-order valence-electron chi connectivity index (χ4n) is 0.786. The molecule has 0 radical (unpaired) electrons. The van der Waals surface area contributed by atoms with Crippen LogP contribution in [0.3, 0.4) is 0 Å². The highest BCUT2D eigenvalue weighted by atomic mass is 32.1. The summed E-state index contributed by atoms with van der Waals surface area (Å²) in [5.74, 6) is 0. The predicted molar refractivity (Wildman–Crippen MR) is 53.9 cm³/mol. The van der Waals surface area contributed by atoms with Crippen LogP contribution in [-0.2, 0) is 0 Å². The van der Waals surface area contributed by atoms with Gasteiger partial charge in [-0.05, 0) is 6.92 Å². The van der Waals surface area contributed by atoms with Gasteiger partial charge in [-0.15, -0.1) is 12.6 Å². The van der Waals surface area contributed by atoms with Gasteiger partial charge in [-0.25, -0.2) is 0 Å². The second-order valence-electron chi connectivity index (χ2n) is 2.74. The number of nitrogens with zero attached hydrogens (tertiary/aromatic N) is 2. The highest BCUT2D eigenvalue weighted by Gasteiger charge is 2.15. The van der Waals surface area contributed by atoms with Crippen molar-refractivity contribution in [1.82, 2.24) is 10.6 Å². The van der Waals surface area contributed by atoms with Crippen molar-refractivity contribution in [2.75, 3.05) is 13.1 Å². The first-order valence-electron chi connectivity index (χ1n) is 4.09. The van der Waals surface area contributed by atoms with Crippen LogP contribution in [-0.4, -0.2) is 18.1 Å². The summed E-state index contributed by atoms with van der Waals surface area (Å²) in [7, 11) is 0. The largest absolute Gasteiger partial charge is 0.290 e. The maximum atomic E-state index is 8.30. The summed E-state index contributed by atoms with van der Waals surface area (Å²) in [5.41, 5.74) is 0. The molecule has 0 saturated heterocycles. The van der Waals surface area contributed by atoms with Crippen LogP contribution in [0.15, 0.2) is 0 Å². The monoisotopic (exact) mass is 198 g/mol. The molecular weight excluding hydrogens is 184 g/mol. The number of nitriles is 2. The SMILES string of the molecule is CC(S)(NCCC#N)NCCC#N. The molecule has 0 bridgehead atoms. The maximum absolute atomic E-state index is 8.30. The Labute approximate surface area is 84.3 Å². The summed E-state index contributed by atoms with van der Waals surface area (Å²) in [6, 6.07) is 4.06. The van der Waals surface area contributed by atoms with Gasteiger partial charge in [-0.2, -0.15) is 10.5 Å². The Morgan fingerprint density at radius 3 is 1.85 bits per heavy atom. The van der Waals surface area contributed by atoms with E-state index in [2.05, 4.69) is 23.3 Å². The van der Waals surface area contributed by atoms with E-state index in [1.54, 1.807) is 0 Å². The zero-order chi connectivity index (χ0) is 10.2. The van der Waals surface area contributed by atoms with Crippen molar-refractivity contribution in [2.45, 2.75) is 24.8 Å². The Bertz CT molecular complexity index is 191. The second kappa shape index (κ2) is 6.73. The number of thiol groups is 1. The summed E-state index contributed by atoms with van der Waals surface area (Å²) in [6.07, 6.45) is 0.909. The minimum atomic E-state index is -0.506. The highest BCUT2D eigenvalue weighted by molar-refractivity contribution is 7.81. The molecule has 0 fully saturated rings. The summed E-state index contributed by atoms with van der Waals surface area (Å²) in [4.78, 5) is -0.506. The van der Waals surface area contributed by atoms with Crippen molar-refractivity contribution in [2.24, 2.45) is 0 Å². The number of hydrogen-bond acceptors (Lipinski definition) is 5. The van der Waals surface area contributed by atoms with Gasteiger partial charge >= 0.3 is 0 Å². The average Bonchev–Trinajstić information content (AvgIpc) is 2.05. The van der Waals surface area contributed by atoms with Crippen molar-refractivity contribution in [1.29, 1.82) is 10.5 Å². The van der Waals surface area contributed by atoms with Crippen molar-refractivity contribution in [3.8, 4) is 12.1 Å². The van der Waals surface area contributed by atoms with Crippen molar-refractivity contribution >= 4 is 12.6 Å². The minimum absolute atomic E-state index is 0.454. The maximum Gasteiger partial charge on any atom is 0.111 e. The van der Waals surface area contributed by atoms with E-state index in [-0.39, 0.29) is 0 Å². The quantitative estimate of drug-likeness (QED) is 0.332. The van der Waals surface area contributed by atoms with Gasteiger partial charge in [0.15, 0.2) is 0 Å². The predicted octanol–water partition coefficient (Wildman–Crippen LogP) is 0.596. The van der Waals surface area contributed by atoms with Gasteiger partial charge in [-0.1, -0.05) is 0 Å². The topological polar surface area (TPSA) is 71.6 Å². The molecule has 0 unspecified atom stereocenters. The van der Waals surface area contributed by atoms with Gasteiger partial charge in [0.25, 0.3) is 0 Å². The molecule has 0 aromatic heterocycles. The molecule has 0 rings (SSSR count). The normalized spacial score (nSPS) is 10.5. The van der Waals surface area contributed by atoms with Crippen LogP contribution in [0.2, 0.25) is 0 Å². The zero-order valence-electron chi connectivity index (χ0n) is 7.67. The third-order valence-electron chi connectivity index (χ3n) is 1.41. The molecule has 72 valence electrons. The molecular formula is C8H14N4S. The first-order chi connectivity index (χ1) is 6.12. The molecule has 0 aromatic rings. The third-order valence-corrected chi connectivity index (χ3v) is 1.73. The standard InChI is InChI=1S/C8H14N4S/c1-8(13,11-6-2-4-9)12-7-3-5-10/h11-13H,2-3,6-7H2,1H3. The first-order valence-corrected chi connectivity index (χ1v) is 4.53. The van der Waals surface area contributed by atoms with Gasteiger partial charge in [0.05, 0.1) is 12.1 Å². The van der Waals surface area contributed by atoms with E-state index in [1.165, 1.54) is 0 Å². The Kier molecular flexibility index (Phi) is 6.34. The lowest BCUT2D eigenvalue weighted by Crippen LogP contribution is -2.50. The third kappa shape index (κ3) is 7.61. The van der Waals surface area contributed by atoms with Gasteiger partial charge in [-0.3, -0.25) is 10.6 Å². The molecule has 0 atom stereocenters. The van der Waals surface area contributed by atoms with Crippen LogP contribution < -0.4 is 10.6 Å². The molecule has 0 saturated carbocycles. The summed E-state index contributed by atoms with van der Waals surface area (Å²) in [6.45, 7) is 3.04. The van der Waals surface area contributed by atoms with E-state index < -0.39 is 4.99 Å². The van der Waals surface area contributed by atoms with Crippen molar-refractivity contribution in [3.05, 3.63) is 0 Å². The van der Waals surface area contributed by atoms with Gasteiger partial charge in [0, 0.05) is 25.9 Å². The van der Waals surface area contributed by atoms with E-state index in [4.69, 9.17) is 10.5 Å². The van der Waals surface area contributed by atoms with Gasteiger partial charge in [0.1, 0.15) is 4.99 Å². The van der Waals surface area contributed by atoms with E-state index in [1.807, 2.05) is 19.1 Å². The van der Waals surface area contributed by atoms with Crippen LogP contribution in [0.1, 0.15) is 19.8 Å². The molecule has 0 spiro atoms. The number of hydrogen-bond donors (Lipinski definition) is 3. The van der Waals surface area contributed by atoms with E-state index >= 15 is 0 Å². The molecule has 0 aliphatic heterocycles. The molecule has 0 aliphatic carbocycles. The lowest BCUT2D eigenvalue weighted by molar-refractivity contribution is 0.424. The van der Waals surface area contributed by atoms with Crippen LogP contribution in [0.5, 0.6) is 0 Å². The van der Waals surface area contributed by atoms with Gasteiger partial charge < -0.3 is 0 Å². The van der Waals surface area contributed by atoms with Crippen molar-refractivity contribution in [3.63, 3.8) is 0 Å². The Morgan fingerprint density at radius 2 is 1.54 bits per heavy atom. The fraction of sp³-hybridized carbons (Fsp3) is 0.750. The van der Waals surface area contributed by atoms with Crippen LogP contribution in [0.25, 0.3) is 0 Å².